The van der Waals surface area contributed by atoms with Crippen LogP contribution in [0, 0.1) is 5.21 Å². The average molecular weight is 296 g/mol. The average Bonchev–Trinajstić information content (AvgIpc) is 3.03. The highest BCUT2D eigenvalue weighted by atomic mass is 16.5. The monoisotopic (exact) mass is 296 g/mol. The smallest absolute Gasteiger partial charge is 0.232 e. The van der Waals surface area contributed by atoms with E-state index in [0.29, 0.717) is 23.6 Å². The maximum Gasteiger partial charge on any atom is 0.232 e. The van der Waals surface area contributed by atoms with E-state index in [0.717, 1.165) is 5.52 Å². The van der Waals surface area contributed by atoms with Crippen LogP contribution in [0.2, 0.25) is 0 Å². The zero-order valence-electron chi connectivity index (χ0n) is 11.9. The molecule has 0 fully saturated rings. The number of aromatic nitrogens is 3. The number of pyridine rings is 2. The number of anilines is 3. The predicted octanol–water partition coefficient (Wildman–Crippen LogP) is 2.71. The van der Waals surface area contributed by atoms with Crippen LogP contribution in [0.4, 0.5) is 17.2 Å². The third-order valence-corrected chi connectivity index (χ3v) is 3.29. The molecule has 0 aliphatic carbocycles. The molecule has 0 aromatic carbocycles. The number of carbonyl (C=O) groups is 1. The van der Waals surface area contributed by atoms with Crippen LogP contribution in [0.15, 0.2) is 48.9 Å². The first-order valence-electron chi connectivity index (χ1n) is 6.83. The van der Waals surface area contributed by atoms with Gasteiger partial charge in [0.25, 0.3) is 0 Å². The van der Waals surface area contributed by atoms with Crippen LogP contribution in [-0.4, -0.2) is 20.5 Å². The molecule has 112 valence electrons. The summed E-state index contributed by atoms with van der Waals surface area (Å²) in [6.07, 6.45) is 5.27. The zero-order valence-corrected chi connectivity index (χ0v) is 11.9. The van der Waals surface area contributed by atoms with Crippen molar-refractivity contribution in [3.63, 3.8) is 0 Å². The van der Waals surface area contributed by atoms with Crippen LogP contribution in [0.1, 0.15) is 13.3 Å². The van der Waals surface area contributed by atoms with Crippen LogP contribution >= 0.6 is 0 Å². The van der Waals surface area contributed by atoms with E-state index in [9.17, 15) is 10.0 Å². The molecule has 0 bridgehead atoms. The molecule has 7 nitrogen and oxygen atoms in total. The summed E-state index contributed by atoms with van der Waals surface area (Å²) in [7, 11) is 0. The summed E-state index contributed by atoms with van der Waals surface area (Å²) < 4.78 is 1.71. The number of hydrogen-bond acceptors (Lipinski definition) is 5. The summed E-state index contributed by atoms with van der Waals surface area (Å²) in [5.41, 5.74) is 3.71. The van der Waals surface area contributed by atoms with Gasteiger partial charge in [-0.2, -0.15) is 5.10 Å². The molecular weight excluding hydrogens is 282 g/mol. The number of rotatable bonds is 4. The van der Waals surface area contributed by atoms with Gasteiger partial charge >= 0.3 is 0 Å². The standard InChI is InChI=1S/C15H14N5O2/c1-2-15(21)20(14-9-11(18-22)3-6-16-14)13-5-8-19-12(10-13)4-7-17-19/h3-10H,2H2,1H3,(H-,16,18,22)/q-1. The summed E-state index contributed by atoms with van der Waals surface area (Å²) in [5, 5.41) is 15.0. The van der Waals surface area contributed by atoms with E-state index in [1.54, 1.807) is 42.0 Å². The Balaban J connectivity index is 2.10. The zero-order chi connectivity index (χ0) is 15.5. The van der Waals surface area contributed by atoms with Gasteiger partial charge in [0.15, 0.2) is 0 Å². The molecule has 1 N–H and O–H groups in total. The molecule has 0 unspecified atom stereocenters. The van der Waals surface area contributed by atoms with Gasteiger partial charge < -0.3 is 10.7 Å². The van der Waals surface area contributed by atoms with Crippen molar-refractivity contribution in [1.82, 2.24) is 14.6 Å². The van der Waals surface area contributed by atoms with E-state index < -0.39 is 0 Å². The second kappa shape index (κ2) is 5.82. The first-order valence-corrected chi connectivity index (χ1v) is 6.83. The molecule has 0 atom stereocenters. The molecule has 0 radical (unpaired) electrons. The molecule has 3 rings (SSSR count). The van der Waals surface area contributed by atoms with Crippen molar-refractivity contribution in [3.05, 3.63) is 54.1 Å². The van der Waals surface area contributed by atoms with Gasteiger partial charge in [0.2, 0.25) is 5.91 Å². The summed E-state index contributed by atoms with van der Waals surface area (Å²) in [4.78, 5) is 18.1. The van der Waals surface area contributed by atoms with Gasteiger partial charge in [0.1, 0.15) is 5.82 Å². The molecule has 22 heavy (non-hydrogen) atoms. The number of nitrogens with zero attached hydrogens (tertiary/aromatic N) is 4. The van der Waals surface area contributed by atoms with Crippen molar-refractivity contribution in [2.75, 3.05) is 10.4 Å². The summed E-state index contributed by atoms with van der Waals surface area (Å²) >= 11 is 0. The number of amides is 1. The molecule has 3 heterocycles. The maximum absolute atomic E-state index is 12.4. The minimum atomic E-state index is -0.112. The van der Waals surface area contributed by atoms with E-state index in [-0.39, 0.29) is 5.91 Å². The highest BCUT2D eigenvalue weighted by Gasteiger charge is 2.18. The van der Waals surface area contributed by atoms with Gasteiger partial charge in [0, 0.05) is 36.8 Å². The van der Waals surface area contributed by atoms with Gasteiger partial charge in [-0.05, 0) is 24.3 Å². The van der Waals surface area contributed by atoms with Gasteiger partial charge in [-0.15, -0.1) is 0 Å². The van der Waals surface area contributed by atoms with E-state index >= 15 is 0 Å². The third-order valence-electron chi connectivity index (χ3n) is 3.29. The van der Waals surface area contributed by atoms with E-state index in [1.165, 1.54) is 11.1 Å². The largest absolute Gasteiger partial charge is 0.761 e. The fourth-order valence-corrected chi connectivity index (χ4v) is 2.22. The summed E-state index contributed by atoms with van der Waals surface area (Å²) in [6.45, 7) is 1.78. The second-order valence-corrected chi connectivity index (χ2v) is 4.67. The Kier molecular flexibility index (Phi) is 3.71. The van der Waals surface area contributed by atoms with Crippen molar-refractivity contribution in [2.45, 2.75) is 13.3 Å². The van der Waals surface area contributed by atoms with Crippen LogP contribution in [-0.2, 0) is 4.79 Å². The molecular formula is C15H14N5O2-. The van der Waals surface area contributed by atoms with E-state index in [4.69, 9.17) is 0 Å². The summed E-state index contributed by atoms with van der Waals surface area (Å²) in [6, 6.07) is 8.57. The highest BCUT2D eigenvalue weighted by molar-refractivity contribution is 6.00. The van der Waals surface area contributed by atoms with E-state index in [1.807, 2.05) is 17.6 Å². The van der Waals surface area contributed by atoms with Gasteiger partial charge in [-0.3, -0.25) is 9.69 Å². The van der Waals surface area contributed by atoms with Crippen molar-refractivity contribution < 1.29 is 4.79 Å². The minimum Gasteiger partial charge on any atom is -0.761 e. The number of nitrogens with one attached hydrogen (secondary N) is 1. The highest BCUT2D eigenvalue weighted by Crippen LogP contribution is 2.27. The lowest BCUT2D eigenvalue weighted by atomic mass is 10.2. The molecule has 0 saturated heterocycles. The third kappa shape index (κ3) is 2.49. The molecule has 7 heteroatoms. The van der Waals surface area contributed by atoms with Crippen molar-refractivity contribution in [3.8, 4) is 0 Å². The maximum atomic E-state index is 12.4. The fraction of sp³-hybridized carbons (Fsp3) is 0.133. The quantitative estimate of drug-likeness (QED) is 0.748. The number of fused-ring (bicyclic) bond motifs is 1. The molecule has 1 amide bonds. The van der Waals surface area contributed by atoms with Crippen LogP contribution in [0.25, 0.3) is 5.52 Å². The van der Waals surface area contributed by atoms with Crippen LogP contribution in [0.3, 0.4) is 0 Å². The molecule has 0 saturated carbocycles. The number of carbonyl (C=O) groups excluding carboxylic acids is 1. The second-order valence-electron chi connectivity index (χ2n) is 4.67. The Labute approximate surface area is 126 Å². The lowest BCUT2D eigenvalue weighted by Crippen LogP contribution is -2.26. The summed E-state index contributed by atoms with van der Waals surface area (Å²) in [5.74, 6) is 0.288. The van der Waals surface area contributed by atoms with Gasteiger partial charge in [-0.1, -0.05) is 6.92 Å². The lowest BCUT2D eigenvalue weighted by molar-refractivity contribution is -0.117. The Morgan fingerprint density at radius 1 is 1.32 bits per heavy atom. The first kappa shape index (κ1) is 14.0. The Hall–Kier alpha value is -2.93. The Bertz CT molecular complexity index is 814. The van der Waals surface area contributed by atoms with Gasteiger partial charge in [0.05, 0.1) is 11.2 Å². The van der Waals surface area contributed by atoms with Crippen LogP contribution in [0.5, 0.6) is 0 Å². The Morgan fingerprint density at radius 3 is 2.95 bits per heavy atom. The first-order chi connectivity index (χ1) is 10.7. The van der Waals surface area contributed by atoms with Crippen LogP contribution < -0.4 is 10.4 Å². The predicted molar refractivity (Wildman–Crippen MR) is 83.9 cm³/mol. The lowest BCUT2D eigenvalue weighted by Gasteiger charge is -2.22. The normalized spacial score (nSPS) is 10.6. The molecule has 3 aromatic rings. The molecule has 0 spiro atoms. The number of hydrogen-bond donors (Lipinski definition) is 1. The van der Waals surface area contributed by atoms with Gasteiger partial charge in [-0.25, -0.2) is 9.50 Å². The SMILES string of the molecule is CCC(=O)N(c1ccn2nccc2c1)c1cc(N[O-])ccn1. The molecule has 0 aliphatic heterocycles. The minimum absolute atomic E-state index is 0.112. The molecule has 3 aromatic heterocycles. The topological polar surface area (TPSA) is 85.6 Å². The van der Waals surface area contributed by atoms with Crippen molar-refractivity contribution in [2.24, 2.45) is 0 Å². The molecule has 0 aliphatic rings. The van der Waals surface area contributed by atoms with Crippen molar-refractivity contribution >= 4 is 28.6 Å². The Morgan fingerprint density at radius 2 is 2.18 bits per heavy atom. The fourth-order valence-electron chi connectivity index (χ4n) is 2.22. The van der Waals surface area contributed by atoms with Crippen molar-refractivity contribution in [1.29, 1.82) is 0 Å². The van der Waals surface area contributed by atoms with E-state index in [2.05, 4.69) is 10.1 Å².